The third-order valence-electron chi connectivity index (χ3n) is 1.84. The zero-order chi connectivity index (χ0) is 9.14. The Morgan fingerprint density at radius 1 is 1.67 bits per heavy atom. The van der Waals surface area contributed by atoms with Crippen LogP contribution in [0.15, 0.2) is 5.16 Å². The third-order valence-corrected chi connectivity index (χ3v) is 2.15. The summed E-state index contributed by atoms with van der Waals surface area (Å²) in [4.78, 5) is 0. The van der Waals surface area contributed by atoms with Gasteiger partial charge in [-0.15, -0.1) is 4.68 Å². The van der Waals surface area contributed by atoms with Crippen molar-refractivity contribution in [3.8, 4) is 0 Å². The Labute approximate surface area is 77.6 Å². The van der Waals surface area contributed by atoms with Crippen LogP contribution in [0.5, 0.6) is 0 Å². The summed E-state index contributed by atoms with van der Waals surface area (Å²) in [6.07, 6.45) is 0. The van der Waals surface area contributed by atoms with Crippen LogP contribution in [-0.2, 0) is 31.0 Å². The summed E-state index contributed by atoms with van der Waals surface area (Å²) < 4.78 is 8.69. The molecular formula is C7H13N3OS. The Bertz CT molecular complexity index is 272. The van der Waals surface area contributed by atoms with Crippen LogP contribution in [0.1, 0.15) is 5.82 Å². The van der Waals surface area contributed by atoms with Crippen LogP contribution in [0.2, 0.25) is 0 Å². The number of rotatable bonds is 3. The Hall–Kier alpha value is -0.680. The van der Waals surface area contributed by atoms with Gasteiger partial charge in [0.15, 0.2) is 0 Å². The van der Waals surface area contributed by atoms with Gasteiger partial charge in [-0.2, -0.15) is 0 Å². The van der Waals surface area contributed by atoms with Gasteiger partial charge in [-0.25, -0.2) is 4.57 Å². The summed E-state index contributed by atoms with van der Waals surface area (Å²) in [6.45, 7) is 3.42. The van der Waals surface area contributed by atoms with Crippen molar-refractivity contribution >= 4 is 12.6 Å². The quantitative estimate of drug-likeness (QED) is 0.475. The molecule has 0 N–H and O–H groups in total. The lowest BCUT2D eigenvalue weighted by molar-refractivity contribution is -0.736. The van der Waals surface area contributed by atoms with Gasteiger partial charge in [0.2, 0.25) is 0 Å². The standard InChI is InChI=1S/C7H13N3OS/c1-6-9(2)8-7(12)10(6)4-5-11-3/h4-5H2,1-3H3. The second kappa shape index (κ2) is 3.82. The molecule has 0 radical (unpaired) electrons. The largest absolute Gasteiger partial charge is 0.713 e. The van der Waals surface area contributed by atoms with Gasteiger partial charge in [-0.05, 0) is 0 Å². The predicted octanol–water partition coefficient (Wildman–Crippen LogP) is -0.432. The lowest BCUT2D eigenvalue weighted by atomic mass is 10.6. The summed E-state index contributed by atoms with van der Waals surface area (Å²) in [5, 5.41) is 4.72. The predicted molar refractivity (Wildman–Crippen MR) is 45.6 cm³/mol. The van der Waals surface area contributed by atoms with Crippen molar-refractivity contribution < 1.29 is 9.42 Å². The molecular weight excluding hydrogens is 174 g/mol. The number of ether oxygens (including phenoxy) is 1. The molecule has 0 fully saturated rings. The molecule has 1 aromatic rings. The van der Waals surface area contributed by atoms with Gasteiger partial charge >= 0.3 is 0 Å². The summed E-state index contributed by atoms with van der Waals surface area (Å²) in [7, 11) is 3.56. The van der Waals surface area contributed by atoms with E-state index in [2.05, 4.69) is 5.10 Å². The molecule has 0 bridgehead atoms. The molecule has 12 heavy (non-hydrogen) atoms. The molecule has 1 rings (SSSR count). The topological polar surface area (TPSA) is 30.9 Å². The average molecular weight is 187 g/mol. The fraction of sp³-hybridized carbons (Fsp3) is 0.714. The highest BCUT2D eigenvalue weighted by Crippen LogP contribution is 1.97. The van der Waals surface area contributed by atoms with E-state index in [4.69, 9.17) is 17.4 Å². The van der Waals surface area contributed by atoms with Crippen molar-refractivity contribution in [2.24, 2.45) is 7.05 Å². The normalized spacial score (nSPS) is 10.6. The van der Waals surface area contributed by atoms with E-state index in [1.165, 1.54) is 0 Å². The first kappa shape index (κ1) is 9.41. The minimum atomic E-state index is 0.618. The molecule has 0 amide bonds. The molecule has 0 aliphatic rings. The average Bonchev–Trinajstić information content (AvgIpc) is 2.25. The second-order valence-corrected chi connectivity index (χ2v) is 2.96. The number of methoxy groups -OCH3 is 1. The SMILES string of the molecule is COCCn1c([S-])n[n+](C)c1C. The molecule has 0 aliphatic heterocycles. The molecule has 0 spiro atoms. The summed E-state index contributed by atoms with van der Waals surface area (Å²) in [5.74, 6) is 1.05. The highest BCUT2D eigenvalue weighted by atomic mass is 32.1. The molecule has 0 unspecified atom stereocenters. The fourth-order valence-electron chi connectivity index (χ4n) is 1.01. The van der Waals surface area contributed by atoms with Crippen LogP contribution in [0.4, 0.5) is 0 Å². The summed E-state index contributed by atoms with van der Waals surface area (Å²) in [6, 6.07) is 0. The molecule has 68 valence electrons. The van der Waals surface area contributed by atoms with E-state index < -0.39 is 0 Å². The van der Waals surface area contributed by atoms with E-state index in [9.17, 15) is 0 Å². The fourth-order valence-corrected chi connectivity index (χ4v) is 1.35. The van der Waals surface area contributed by atoms with Gasteiger partial charge in [0, 0.05) is 14.0 Å². The maximum atomic E-state index is 5.05. The van der Waals surface area contributed by atoms with Crippen LogP contribution in [0.25, 0.3) is 0 Å². The van der Waals surface area contributed by atoms with Crippen LogP contribution < -0.4 is 4.68 Å². The Balaban J connectivity index is 2.82. The lowest BCUT2D eigenvalue weighted by Crippen LogP contribution is -2.33. The van der Waals surface area contributed by atoms with Crippen molar-refractivity contribution in [2.75, 3.05) is 13.7 Å². The van der Waals surface area contributed by atoms with Crippen molar-refractivity contribution in [2.45, 2.75) is 18.6 Å². The number of aromatic nitrogens is 3. The second-order valence-electron chi connectivity index (χ2n) is 2.60. The van der Waals surface area contributed by atoms with Gasteiger partial charge in [-0.1, -0.05) is 5.10 Å². The maximum Gasteiger partial charge on any atom is 0.273 e. The summed E-state index contributed by atoms with van der Waals surface area (Å²) in [5.41, 5.74) is 0. The molecule has 0 aliphatic carbocycles. The highest BCUT2D eigenvalue weighted by Gasteiger charge is 2.10. The highest BCUT2D eigenvalue weighted by molar-refractivity contribution is 7.58. The van der Waals surface area contributed by atoms with E-state index in [0.29, 0.717) is 11.8 Å². The minimum Gasteiger partial charge on any atom is -0.713 e. The minimum absolute atomic E-state index is 0.618. The van der Waals surface area contributed by atoms with Crippen molar-refractivity contribution in [1.29, 1.82) is 0 Å². The maximum absolute atomic E-state index is 5.05. The number of hydrogen-bond donors (Lipinski definition) is 0. The number of aryl methyl sites for hydroxylation is 1. The first-order chi connectivity index (χ1) is 5.66. The number of hydrogen-bond acceptors (Lipinski definition) is 3. The van der Waals surface area contributed by atoms with Gasteiger partial charge in [0.25, 0.3) is 5.82 Å². The van der Waals surface area contributed by atoms with Gasteiger partial charge in [-0.3, -0.25) is 0 Å². The molecule has 4 nitrogen and oxygen atoms in total. The third kappa shape index (κ3) is 1.73. The van der Waals surface area contributed by atoms with Crippen LogP contribution in [-0.4, -0.2) is 23.4 Å². The van der Waals surface area contributed by atoms with E-state index in [0.717, 1.165) is 12.4 Å². The molecule has 0 atom stereocenters. The smallest absolute Gasteiger partial charge is 0.273 e. The van der Waals surface area contributed by atoms with E-state index in [1.54, 1.807) is 11.8 Å². The van der Waals surface area contributed by atoms with Crippen LogP contribution in [0.3, 0.4) is 0 Å². The number of nitrogens with zero attached hydrogens (tertiary/aromatic N) is 3. The molecule has 5 heteroatoms. The molecule has 0 aromatic carbocycles. The van der Waals surface area contributed by atoms with Gasteiger partial charge < -0.3 is 17.4 Å². The zero-order valence-electron chi connectivity index (χ0n) is 7.57. The van der Waals surface area contributed by atoms with Gasteiger partial charge in [0.05, 0.1) is 6.61 Å². The zero-order valence-corrected chi connectivity index (χ0v) is 8.39. The Morgan fingerprint density at radius 3 is 2.75 bits per heavy atom. The Kier molecular flexibility index (Phi) is 2.99. The van der Waals surface area contributed by atoms with E-state index in [1.807, 2.05) is 18.5 Å². The first-order valence-electron chi connectivity index (χ1n) is 3.76. The molecule has 0 saturated carbocycles. The van der Waals surface area contributed by atoms with E-state index >= 15 is 0 Å². The summed E-state index contributed by atoms with van der Waals surface area (Å²) >= 11 is 5.05. The monoisotopic (exact) mass is 187 g/mol. The van der Waals surface area contributed by atoms with Crippen LogP contribution >= 0.6 is 0 Å². The first-order valence-corrected chi connectivity index (χ1v) is 4.17. The molecule has 1 aromatic heterocycles. The molecule has 0 saturated heterocycles. The molecule has 1 heterocycles. The lowest BCUT2D eigenvalue weighted by Gasteiger charge is -2.02. The van der Waals surface area contributed by atoms with Crippen molar-refractivity contribution in [3.05, 3.63) is 5.82 Å². The van der Waals surface area contributed by atoms with Crippen LogP contribution in [0, 0.1) is 6.92 Å². The Morgan fingerprint density at radius 2 is 2.33 bits per heavy atom. The van der Waals surface area contributed by atoms with E-state index in [-0.39, 0.29) is 0 Å². The van der Waals surface area contributed by atoms with Gasteiger partial charge in [0.1, 0.15) is 18.7 Å². The van der Waals surface area contributed by atoms with Crippen molar-refractivity contribution in [1.82, 2.24) is 9.67 Å². The van der Waals surface area contributed by atoms with Crippen molar-refractivity contribution in [3.63, 3.8) is 0 Å².